The Morgan fingerprint density at radius 2 is 1.33 bits per heavy atom. The number of allylic oxidation sites excluding steroid dienone is 6. The third-order valence-electron chi connectivity index (χ3n) is 4.84. The number of ketones is 1. The molecule has 2 N–H and O–H groups in total. The predicted molar refractivity (Wildman–Crippen MR) is 131 cm³/mol. The van der Waals surface area contributed by atoms with Crippen LogP contribution in [0.2, 0.25) is 0 Å². The van der Waals surface area contributed by atoms with Gasteiger partial charge in [0.2, 0.25) is 0 Å². The lowest BCUT2D eigenvalue weighted by Crippen LogP contribution is -2.48. The summed E-state index contributed by atoms with van der Waals surface area (Å²) in [5.74, 6) is -1.20. The van der Waals surface area contributed by atoms with Gasteiger partial charge in [-0.3, -0.25) is 14.9 Å². The van der Waals surface area contributed by atoms with Crippen molar-refractivity contribution in [1.82, 2.24) is 5.32 Å². The number of carboxylic acids is 1. The number of carbonyl (C=O) groups is 2. The Bertz CT molecular complexity index is 681. The summed E-state index contributed by atoms with van der Waals surface area (Å²) in [6, 6.07) is -1.21. The highest BCUT2D eigenvalue weighted by Gasteiger charge is 2.27. The van der Waals surface area contributed by atoms with Gasteiger partial charge in [-0.05, 0) is 74.1 Å². The van der Waals surface area contributed by atoms with Crippen LogP contribution in [-0.2, 0) is 9.59 Å². The Kier molecular flexibility index (Phi) is 14.4. The maximum Gasteiger partial charge on any atom is 0.321 e. The maximum atomic E-state index is 12.5. The summed E-state index contributed by atoms with van der Waals surface area (Å²) in [4.78, 5) is 24.1. The largest absolute Gasteiger partial charge is 0.480 e. The number of carbonyl (C=O) groups excluding carboxylic acids is 1. The van der Waals surface area contributed by atoms with Gasteiger partial charge in [0, 0.05) is 11.8 Å². The van der Waals surface area contributed by atoms with Crippen molar-refractivity contribution in [3.8, 4) is 0 Å². The van der Waals surface area contributed by atoms with E-state index in [1.54, 1.807) is 6.92 Å². The molecule has 0 aliphatic carbocycles. The van der Waals surface area contributed by atoms with E-state index in [4.69, 9.17) is 0 Å². The first-order chi connectivity index (χ1) is 14.0. The molecule has 0 saturated carbocycles. The molecular formula is C25H41NO3S. The van der Waals surface area contributed by atoms with E-state index in [2.05, 4.69) is 57.8 Å². The molecule has 0 fully saturated rings. The van der Waals surface area contributed by atoms with Crippen LogP contribution in [0.1, 0.15) is 74.1 Å². The number of carboxylic acid groups (broad SMARTS) is 1. The predicted octanol–water partition coefficient (Wildman–Crippen LogP) is 5.92. The topological polar surface area (TPSA) is 66.4 Å². The molecule has 0 aliphatic rings. The van der Waals surface area contributed by atoms with Crippen LogP contribution in [-0.4, -0.2) is 34.7 Å². The van der Waals surface area contributed by atoms with Crippen molar-refractivity contribution in [2.45, 2.75) is 86.2 Å². The van der Waals surface area contributed by atoms with Crippen LogP contribution in [0, 0.1) is 5.92 Å². The van der Waals surface area contributed by atoms with Gasteiger partial charge in [0.15, 0.2) is 0 Å². The molecule has 30 heavy (non-hydrogen) atoms. The molecular weight excluding hydrogens is 394 g/mol. The molecule has 3 atom stereocenters. The van der Waals surface area contributed by atoms with Crippen molar-refractivity contribution < 1.29 is 14.7 Å². The number of Topliss-reactive ketones (excluding diaryl/α,β-unsaturated/α-hetero) is 1. The van der Waals surface area contributed by atoms with Gasteiger partial charge in [-0.25, -0.2) is 0 Å². The molecule has 0 aliphatic heterocycles. The number of rotatable bonds is 14. The van der Waals surface area contributed by atoms with Gasteiger partial charge in [-0.1, -0.05) is 46.6 Å². The first kappa shape index (κ1) is 28.4. The van der Waals surface area contributed by atoms with E-state index in [1.807, 2.05) is 26.0 Å². The number of nitrogens with one attached hydrogen (secondary N) is 1. The van der Waals surface area contributed by atoms with Crippen molar-refractivity contribution in [1.29, 1.82) is 0 Å². The van der Waals surface area contributed by atoms with Crippen LogP contribution in [0.15, 0.2) is 46.6 Å². The molecule has 3 unspecified atom stereocenters. The molecule has 0 bridgehead atoms. The molecule has 0 aromatic heterocycles. The molecule has 0 amide bonds. The molecule has 0 rings (SSSR count). The molecule has 0 aromatic rings. The minimum atomic E-state index is -0.961. The SMILES string of the molecule is CC(=O)C(/C=C(\C)CCC=C(C)C)C(/C=C(\C)CCC=C(C)C)NC(CS)C(=O)O. The monoisotopic (exact) mass is 435 g/mol. The lowest BCUT2D eigenvalue weighted by atomic mass is 9.90. The van der Waals surface area contributed by atoms with Crippen LogP contribution in [0.3, 0.4) is 0 Å². The number of hydrogen-bond donors (Lipinski definition) is 3. The van der Waals surface area contributed by atoms with E-state index in [0.717, 1.165) is 36.8 Å². The van der Waals surface area contributed by atoms with Gasteiger partial charge >= 0.3 is 5.97 Å². The first-order valence-electron chi connectivity index (χ1n) is 10.7. The average Bonchev–Trinajstić information content (AvgIpc) is 2.62. The second kappa shape index (κ2) is 15.2. The summed E-state index contributed by atoms with van der Waals surface area (Å²) >= 11 is 4.18. The van der Waals surface area contributed by atoms with Gasteiger partial charge in [0.1, 0.15) is 11.8 Å². The molecule has 0 saturated heterocycles. The Balaban J connectivity index is 5.76. The van der Waals surface area contributed by atoms with E-state index in [9.17, 15) is 14.7 Å². The van der Waals surface area contributed by atoms with E-state index in [1.165, 1.54) is 11.1 Å². The Morgan fingerprint density at radius 3 is 1.70 bits per heavy atom. The zero-order valence-corrected chi connectivity index (χ0v) is 20.7. The number of hydrogen-bond acceptors (Lipinski definition) is 4. The van der Waals surface area contributed by atoms with Crippen LogP contribution in [0.5, 0.6) is 0 Å². The van der Waals surface area contributed by atoms with Gasteiger partial charge in [0.05, 0.1) is 5.92 Å². The molecule has 5 heteroatoms. The molecule has 4 nitrogen and oxygen atoms in total. The number of thiol groups is 1. The highest BCUT2D eigenvalue weighted by Crippen LogP contribution is 2.19. The molecule has 0 heterocycles. The highest BCUT2D eigenvalue weighted by atomic mass is 32.1. The Hall–Kier alpha value is -1.59. The summed E-state index contributed by atoms with van der Waals surface area (Å²) in [6.45, 7) is 13.9. The highest BCUT2D eigenvalue weighted by molar-refractivity contribution is 7.80. The summed E-state index contributed by atoms with van der Waals surface area (Å²) in [7, 11) is 0. The minimum absolute atomic E-state index is 0.0192. The fourth-order valence-electron chi connectivity index (χ4n) is 3.12. The van der Waals surface area contributed by atoms with Crippen molar-refractivity contribution in [2.75, 3.05) is 5.75 Å². The van der Waals surface area contributed by atoms with E-state index < -0.39 is 17.9 Å². The van der Waals surface area contributed by atoms with Crippen LogP contribution < -0.4 is 5.32 Å². The summed E-state index contributed by atoms with van der Waals surface area (Å²) in [5.41, 5.74) is 4.82. The zero-order chi connectivity index (χ0) is 23.3. The van der Waals surface area contributed by atoms with E-state index in [0.29, 0.717) is 0 Å². The third kappa shape index (κ3) is 12.9. The molecule has 0 spiro atoms. The maximum absolute atomic E-state index is 12.5. The Morgan fingerprint density at radius 1 is 0.867 bits per heavy atom. The standard InChI is InChI=1S/C25H41NO3S/c1-17(2)10-8-12-19(5)14-22(21(7)27)23(26-24(16-30)25(28)29)15-20(6)13-9-11-18(3)4/h10-11,14-15,22-24,26,30H,8-9,12-13,16H2,1-7H3,(H,28,29)/b19-14+,20-15+. The molecule has 0 aromatic carbocycles. The molecule has 170 valence electrons. The smallest absolute Gasteiger partial charge is 0.321 e. The van der Waals surface area contributed by atoms with Crippen molar-refractivity contribution in [3.63, 3.8) is 0 Å². The quantitative estimate of drug-likeness (QED) is 0.234. The second-order valence-electron chi connectivity index (χ2n) is 8.57. The normalized spacial score (nSPS) is 15.2. The van der Waals surface area contributed by atoms with Crippen molar-refractivity contribution in [2.24, 2.45) is 5.92 Å². The van der Waals surface area contributed by atoms with Crippen LogP contribution in [0.4, 0.5) is 0 Å². The van der Waals surface area contributed by atoms with E-state index in [-0.39, 0.29) is 17.6 Å². The fourth-order valence-corrected chi connectivity index (χ4v) is 3.38. The van der Waals surface area contributed by atoms with E-state index >= 15 is 0 Å². The van der Waals surface area contributed by atoms with Gasteiger partial charge in [0.25, 0.3) is 0 Å². The Labute approximate surface area is 189 Å². The zero-order valence-electron chi connectivity index (χ0n) is 19.8. The minimum Gasteiger partial charge on any atom is -0.480 e. The van der Waals surface area contributed by atoms with Crippen molar-refractivity contribution >= 4 is 24.4 Å². The van der Waals surface area contributed by atoms with Crippen molar-refractivity contribution in [3.05, 3.63) is 46.6 Å². The third-order valence-corrected chi connectivity index (χ3v) is 5.21. The average molecular weight is 436 g/mol. The lowest BCUT2D eigenvalue weighted by Gasteiger charge is -2.26. The molecule has 0 radical (unpaired) electrons. The van der Waals surface area contributed by atoms with Crippen LogP contribution >= 0.6 is 12.6 Å². The van der Waals surface area contributed by atoms with Gasteiger partial charge in [-0.15, -0.1) is 0 Å². The first-order valence-corrected chi connectivity index (χ1v) is 11.3. The fraction of sp³-hybridized carbons (Fsp3) is 0.600. The summed E-state index contributed by atoms with van der Waals surface area (Å²) in [5, 5.41) is 12.6. The lowest BCUT2D eigenvalue weighted by molar-refractivity contribution is -0.139. The van der Waals surface area contributed by atoms with Crippen LogP contribution in [0.25, 0.3) is 0 Å². The number of aliphatic carboxylic acids is 1. The van der Waals surface area contributed by atoms with Gasteiger partial charge < -0.3 is 5.11 Å². The second-order valence-corrected chi connectivity index (χ2v) is 8.93. The summed E-state index contributed by atoms with van der Waals surface area (Å²) in [6.07, 6.45) is 12.0. The summed E-state index contributed by atoms with van der Waals surface area (Å²) < 4.78 is 0. The van der Waals surface area contributed by atoms with Gasteiger partial charge in [-0.2, -0.15) is 12.6 Å².